The summed E-state index contributed by atoms with van der Waals surface area (Å²) in [5.74, 6) is -1.43. The van der Waals surface area contributed by atoms with Crippen LogP contribution >= 0.6 is 11.3 Å². The fourth-order valence-corrected chi connectivity index (χ4v) is 3.28. The summed E-state index contributed by atoms with van der Waals surface area (Å²) in [5.41, 5.74) is 1.19. The highest BCUT2D eigenvalue weighted by Gasteiger charge is 2.24. The number of carboxylic acids is 1. The smallest absolute Gasteiger partial charge is 0.326 e. The van der Waals surface area contributed by atoms with E-state index < -0.39 is 12.0 Å². The van der Waals surface area contributed by atoms with Crippen LogP contribution in [0, 0.1) is 0 Å². The number of carboxylic acid groups (broad SMARTS) is 1. The Labute approximate surface area is 133 Å². The number of hydrogen-bond donors (Lipinski definition) is 1. The second-order valence-corrected chi connectivity index (χ2v) is 6.45. The van der Waals surface area contributed by atoms with Crippen molar-refractivity contribution in [2.45, 2.75) is 38.8 Å². The molecule has 0 saturated heterocycles. The molecule has 1 aliphatic rings. The zero-order valence-electron chi connectivity index (χ0n) is 12.7. The number of carbonyl (C=O) groups excluding carboxylic acids is 2. The summed E-state index contributed by atoms with van der Waals surface area (Å²) < 4.78 is 0. The minimum Gasteiger partial charge on any atom is -0.480 e. The molecular weight excluding hydrogens is 304 g/mol. The van der Waals surface area contributed by atoms with Crippen LogP contribution in [0.2, 0.25) is 0 Å². The van der Waals surface area contributed by atoms with E-state index in [1.807, 2.05) is 11.4 Å². The molecule has 0 spiro atoms. The molecule has 1 unspecified atom stereocenters. The Morgan fingerprint density at radius 2 is 2.14 bits per heavy atom. The highest BCUT2D eigenvalue weighted by atomic mass is 32.1. The normalized spacial score (nSPS) is 15.1. The van der Waals surface area contributed by atoms with E-state index in [-0.39, 0.29) is 24.7 Å². The van der Waals surface area contributed by atoms with Crippen molar-refractivity contribution in [1.82, 2.24) is 9.80 Å². The zero-order valence-corrected chi connectivity index (χ0v) is 13.6. The zero-order chi connectivity index (χ0) is 16.3. The minimum absolute atomic E-state index is 0.0416. The molecular formula is C15H20N2O4S. The van der Waals surface area contributed by atoms with Gasteiger partial charge in [-0.15, -0.1) is 11.3 Å². The first-order valence-corrected chi connectivity index (χ1v) is 8.09. The van der Waals surface area contributed by atoms with E-state index in [0.717, 1.165) is 6.42 Å². The number of fused-ring (bicyclic) bond motifs is 1. The van der Waals surface area contributed by atoms with Crippen LogP contribution in [0.25, 0.3) is 0 Å². The molecule has 0 radical (unpaired) electrons. The van der Waals surface area contributed by atoms with Crippen molar-refractivity contribution < 1.29 is 19.5 Å². The Balaban J connectivity index is 1.83. The van der Waals surface area contributed by atoms with Gasteiger partial charge in [0.2, 0.25) is 11.8 Å². The second-order valence-electron chi connectivity index (χ2n) is 5.45. The Morgan fingerprint density at radius 1 is 1.41 bits per heavy atom. The van der Waals surface area contributed by atoms with Gasteiger partial charge in [0.15, 0.2) is 0 Å². The lowest BCUT2D eigenvalue weighted by Gasteiger charge is -2.27. The van der Waals surface area contributed by atoms with Crippen LogP contribution in [-0.4, -0.2) is 52.3 Å². The topological polar surface area (TPSA) is 77.9 Å². The van der Waals surface area contributed by atoms with Gasteiger partial charge in [-0.25, -0.2) is 4.79 Å². The first-order valence-electron chi connectivity index (χ1n) is 7.21. The van der Waals surface area contributed by atoms with Crippen molar-refractivity contribution in [2.75, 3.05) is 13.6 Å². The predicted octanol–water partition coefficient (Wildman–Crippen LogP) is 1.34. The van der Waals surface area contributed by atoms with Crippen LogP contribution in [0.1, 0.15) is 30.2 Å². The molecule has 2 amide bonds. The van der Waals surface area contributed by atoms with E-state index in [4.69, 9.17) is 5.11 Å². The van der Waals surface area contributed by atoms with E-state index in [1.54, 1.807) is 16.2 Å². The van der Waals surface area contributed by atoms with Crippen molar-refractivity contribution >= 4 is 29.1 Å². The summed E-state index contributed by atoms with van der Waals surface area (Å²) in [7, 11) is 1.45. The van der Waals surface area contributed by atoms with E-state index in [2.05, 4.69) is 0 Å². The number of hydrogen-bond acceptors (Lipinski definition) is 4. The highest BCUT2D eigenvalue weighted by molar-refractivity contribution is 7.10. The molecule has 6 nitrogen and oxygen atoms in total. The summed E-state index contributed by atoms with van der Waals surface area (Å²) in [6.45, 7) is 2.74. The quantitative estimate of drug-likeness (QED) is 0.887. The van der Waals surface area contributed by atoms with Gasteiger partial charge in [0.05, 0.1) is 0 Å². The molecule has 1 aromatic heterocycles. The molecule has 0 bridgehead atoms. The number of aliphatic carboxylic acids is 1. The Hall–Kier alpha value is -1.89. The Morgan fingerprint density at radius 3 is 2.82 bits per heavy atom. The second kappa shape index (κ2) is 6.91. The number of rotatable bonds is 5. The lowest BCUT2D eigenvalue weighted by atomic mass is 10.1. The van der Waals surface area contributed by atoms with Crippen molar-refractivity contribution in [3.8, 4) is 0 Å². The number of likely N-dealkylation sites (N-methyl/N-ethyl adjacent to an activating group) is 1. The maximum absolute atomic E-state index is 12.2. The van der Waals surface area contributed by atoms with Crippen molar-refractivity contribution in [2.24, 2.45) is 0 Å². The van der Waals surface area contributed by atoms with Crippen LogP contribution in [0.4, 0.5) is 0 Å². The Bertz CT molecular complexity index is 584. The van der Waals surface area contributed by atoms with Gasteiger partial charge in [0.1, 0.15) is 6.04 Å². The van der Waals surface area contributed by atoms with Gasteiger partial charge >= 0.3 is 5.97 Å². The SMILES string of the molecule is CC(C(=O)O)N(C)C(=O)CCC(=O)N1CCc2sccc2C1. The molecule has 1 N–H and O–H groups in total. The fraction of sp³-hybridized carbons (Fsp3) is 0.533. The fourth-order valence-electron chi connectivity index (χ4n) is 2.39. The molecule has 0 aromatic carbocycles. The van der Waals surface area contributed by atoms with E-state index >= 15 is 0 Å². The molecule has 22 heavy (non-hydrogen) atoms. The molecule has 1 atom stereocenters. The highest BCUT2D eigenvalue weighted by Crippen LogP contribution is 2.24. The summed E-state index contributed by atoms with van der Waals surface area (Å²) in [6, 6.07) is 1.15. The molecule has 1 aliphatic heterocycles. The molecule has 2 heterocycles. The van der Waals surface area contributed by atoms with Crippen molar-refractivity contribution in [3.63, 3.8) is 0 Å². The molecule has 7 heteroatoms. The van der Waals surface area contributed by atoms with E-state index in [1.165, 1.54) is 29.3 Å². The van der Waals surface area contributed by atoms with Crippen LogP contribution < -0.4 is 0 Å². The first-order chi connectivity index (χ1) is 10.4. The molecule has 1 aromatic rings. The monoisotopic (exact) mass is 324 g/mol. The van der Waals surface area contributed by atoms with Crippen molar-refractivity contribution in [1.29, 1.82) is 0 Å². The van der Waals surface area contributed by atoms with Gasteiger partial charge in [-0.05, 0) is 30.4 Å². The predicted molar refractivity (Wildman–Crippen MR) is 82.5 cm³/mol. The van der Waals surface area contributed by atoms with Gasteiger partial charge in [-0.1, -0.05) is 0 Å². The summed E-state index contributed by atoms with van der Waals surface area (Å²) in [6.07, 6.45) is 1.03. The summed E-state index contributed by atoms with van der Waals surface area (Å²) >= 11 is 1.71. The lowest BCUT2D eigenvalue weighted by molar-refractivity contribution is -0.148. The third-order valence-corrected chi connectivity index (χ3v) is 5.07. The molecule has 2 rings (SSSR count). The van der Waals surface area contributed by atoms with E-state index in [9.17, 15) is 14.4 Å². The van der Waals surface area contributed by atoms with Crippen LogP contribution in [0.5, 0.6) is 0 Å². The third-order valence-electron chi connectivity index (χ3n) is 4.04. The number of carbonyl (C=O) groups is 3. The maximum Gasteiger partial charge on any atom is 0.326 e. The summed E-state index contributed by atoms with van der Waals surface area (Å²) in [5, 5.41) is 10.9. The lowest BCUT2D eigenvalue weighted by Crippen LogP contribution is -2.41. The first kappa shape index (κ1) is 16.5. The van der Waals surface area contributed by atoms with Gasteiger partial charge in [-0.2, -0.15) is 0 Å². The van der Waals surface area contributed by atoms with Gasteiger partial charge in [0.25, 0.3) is 0 Å². The average molecular weight is 324 g/mol. The molecule has 120 valence electrons. The molecule has 0 fully saturated rings. The molecule has 0 aliphatic carbocycles. The standard InChI is InChI=1S/C15H20N2O4S/c1-10(15(20)21)16(2)13(18)3-4-14(19)17-7-5-12-11(9-17)6-8-22-12/h6,8,10H,3-5,7,9H2,1-2H3,(H,20,21). The van der Waals surface area contributed by atoms with E-state index in [0.29, 0.717) is 13.1 Å². The van der Waals surface area contributed by atoms with Gasteiger partial charge < -0.3 is 14.9 Å². The van der Waals surface area contributed by atoms with Crippen LogP contribution in [0.3, 0.4) is 0 Å². The third kappa shape index (κ3) is 3.65. The van der Waals surface area contributed by atoms with Crippen LogP contribution in [0.15, 0.2) is 11.4 Å². The minimum atomic E-state index is -1.05. The number of amides is 2. The molecule has 0 saturated carbocycles. The number of thiophene rings is 1. The van der Waals surface area contributed by atoms with Gasteiger partial charge in [0, 0.05) is 37.9 Å². The largest absolute Gasteiger partial charge is 0.480 e. The number of nitrogens with zero attached hydrogens (tertiary/aromatic N) is 2. The summed E-state index contributed by atoms with van der Waals surface area (Å²) in [4.78, 5) is 39.2. The van der Waals surface area contributed by atoms with Crippen LogP contribution in [-0.2, 0) is 27.3 Å². The average Bonchev–Trinajstić information content (AvgIpc) is 2.97. The maximum atomic E-state index is 12.2. The van der Waals surface area contributed by atoms with Gasteiger partial charge in [-0.3, -0.25) is 9.59 Å². The van der Waals surface area contributed by atoms with Crippen molar-refractivity contribution in [3.05, 3.63) is 21.9 Å². The Kier molecular flexibility index (Phi) is 5.18.